The molecule has 1 aromatic heterocycles. The van der Waals surface area contributed by atoms with E-state index in [0.29, 0.717) is 0 Å². The summed E-state index contributed by atoms with van der Waals surface area (Å²) in [6.45, 7) is 5.01. The van der Waals surface area contributed by atoms with Crippen molar-refractivity contribution in [3.8, 4) is 0 Å². The average Bonchev–Trinajstić information content (AvgIpc) is 2.80. The van der Waals surface area contributed by atoms with Crippen molar-refractivity contribution in [2.45, 2.75) is 20.4 Å². The van der Waals surface area contributed by atoms with Gasteiger partial charge in [0.2, 0.25) is 0 Å². The van der Waals surface area contributed by atoms with Crippen LogP contribution < -0.4 is 5.32 Å². The van der Waals surface area contributed by atoms with E-state index >= 15 is 0 Å². The molecule has 0 radical (unpaired) electrons. The first-order chi connectivity index (χ1) is 9.63. The number of fused-ring (bicyclic) bond motifs is 1. The summed E-state index contributed by atoms with van der Waals surface area (Å²) in [6.07, 6.45) is 0. The number of thiazole rings is 1. The Hall–Kier alpha value is -1.39. The van der Waals surface area contributed by atoms with Gasteiger partial charge in [0.25, 0.3) is 0 Å². The molecule has 2 aromatic carbocycles. The fraction of sp³-hybridized carbons (Fsp3) is 0.188. The minimum atomic E-state index is 0.767. The quantitative estimate of drug-likeness (QED) is 0.697. The zero-order chi connectivity index (χ0) is 14.1. The van der Waals surface area contributed by atoms with Gasteiger partial charge in [-0.2, -0.15) is 0 Å². The molecule has 0 aliphatic carbocycles. The number of para-hydroxylation sites is 1. The van der Waals surface area contributed by atoms with Gasteiger partial charge in [0.15, 0.2) is 0 Å². The molecule has 0 saturated heterocycles. The molecule has 4 heteroatoms. The maximum Gasteiger partial charge on any atom is 0.113 e. The van der Waals surface area contributed by atoms with Crippen LogP contribution in [0.25, 0.3) is 10.2 Å². The van der Waals surface area contributed by atoms with Gasteiger partial charge in [-0.3, -0.25) is 0 Å². The Bertz CT molecular complexity index is 708. The van der Waals surface area contributed by atoms with Gasteiger partial charge in [-0.1, -0.05) is 28.1 Å². The number of rotatable bonds is 3. The summed E-state index contributed by atoms with van der Waals surface area (Å²) < 4.78 is 2.37. The maximum atomic E-state index is 4.65. The first-order valence-electron chi connectivity index (χ1n) is 6.48. The number of aromatic nitrogens is 1. The second-order valence-electron chi connectivity index (χ2n) is 4.84. The predicted octanol–water partition coefficient (Wildman–Crippen LogP) is 5.29. The SMILES string of the molecule is Cc1cc(Br)cc(C)c1NCc1nc2ccccc2s1. The first-order valence-corrected chi connectivity index (χ1v) is 8.09. The van der Waals surface area contributed by atoms with E-state index in [2.05, 4.69) is 70.4 Å². The monoisotopic (exact) mass is 346 g/mol. The number of benzene rings is 2. The highest BCUT2D eigenvalue weighted by molar-refractivity contribution is 9.10. The van der Waals surface area contributed by atoms with Crippen LogP contribution in [-0.2, 0) is 6.54 Å². The number of hydrogen-bond donors (Lipinski definition) is 1. The van der Waals surface area contributed by atoms with E-state index in [1.165, 1.54) is 21.5 Å². The Balaban J connectivity index is 1.83. The lowest BCUT2D eigenvalue weighted by Crippen LogP contribution is -2.02. The Kier molecular flexibility index (Phi) is 3.76. The summed E-state index contributed by atoms with van der Waals surface area (Å²) in [5.41, 5.74) is 4.78. The van der Waals surface area contributed by atoms with E-state index in [1.54, 1.807) is 11.3 Å². The molecule has 20 heavy (non-hydrogen) atoms. The predicted molar refractivity (Wildman–Crippen MR) is 90.6 cm³/mol. The van der Waals surface area contributed by atoms with Crippen LogP contribution in [-0.4, -0.2) is 4.98 Å². The molecule has 0 atom stereocenters. The number of hydrogen-bond acceptors (Lipinski definition) is 3. The lowest BCUT2D eigenvalue weighted by molar-refractivity contribution is 1.10. The topological polar surface area (TPSA) is 24.9 Å². The molecule has 1 N–H and O–H groups in total. The Morgan fingerprint density at radius 1 is 1.15 bits per heavy atom. The van der Waals surface area contributed by atoms with E-state index in [9.17, 15) is 0 Å². The zero-order valence-electron chi connectivity index (χ0n) is 11.4. The summed E-state index contributed by atoms with van der Waals surface area (Å²) in [4.78, 5) is 4.65. The molecule has 3 rings (SSSR count). The van der Waals surface area contributed by atoms with Crippen LogP contribution in [0.4, 0.5) is 5.69 Å². The molecular weight excluding hydrogens is 332 g/mol. The van der Waals surface area contributed by atoms with Crippen molar-refractivity contribution >= 4 is 43.2 Å². The van der Waals surface area contributed by atoms with Gasteiger partial charge in [0, 0.05) is 10.2 Å². The second kappa shape index (κ2) is 5.54. The van der Waals surface area contributed by atoms with Crippen LogP contribution in [0.15, 0.2) is 40.9 Å². The third kappa shape index (κ3) is 2.72. The van der Waals surface area contributed by atoms with E-state index in [-0.39, 0.29) is 0 Å². The van der Waals surface area contributed by atoms with E-state index in [1.807, 2.05) is 6.07 Å². The smallest absolute Gasteiger partial charge is 0.113 e. The molecule has 2 nitrogen and oxygen atoms in total. The van der Waals surface area contributed by atoms with Crippen molar-refractivity contribution in [3.05, 3.63) is 57.0 Å². The molecule has 0 aliphatic rings. The van der Waals surface area contributed by atoms with Crippen LogP contribution in [0, 0.1) is 13.8 Å². The fourth-order valence-electron chi connectivity index (χ4n) is 2.35. The standard InChI is InChI=1S/C16H15BrN2S/c1-10-7-12(17)8-11(2)16(10)18-9-15-19-13-5-3-4-6-14(13)20-15/h3-8,18H,9H2,1-2H3. The molecule has 0 amide bonds. The Morgan fingerprint density at radius 2 is 1.85 bits per heavy atom. The van der Waals surface area contributed by atoms with Crippen molar-refractivity contribution in [2.75, 3.05) is 5.32 Å². The maximum absolute atomic E-state index is 4.65. The minimum Gasteiger partial charge on any atom is -0.378 e. The van der Waals surface area contributed by atoms with Gasteiger partial charge in [0.1, 0.15) is 5.01 Å². The number of anilines is 1. The number of nitrogens with one attached hydrogen (secondary N) is 1. The summed E-state index contributed by atoms with van der Waals surface area (Å²) in [7, 11) is 0. The Morgan fingerprint density at radius 3 is 2.55 bits per heavy atom. The van der Waals surface area contributed by atoms with Gasteiger partial charge >= 0.3 is 0 Å². The van der Waals surface area contributed by atoms with Crippen molar-refractivity contribution < 1.29 is 0 Å². The largest absolute Gasteiger partial charge is 0.378 e. The van der Waals surface area contributed by atoms with E-state index in [0.717, 1.165) is 21.5 Å². The molecule has 1 heterocycles. The van der Waals surface area contributed by atoms with Crippen LogP contribution in [0.2, 0.25) is 0 Å². The van der Waals surface area contributed by atoms with Crippen molar-refractivity contribution in [1.29, 1.82) is 0 Å². The number of nitrogens with zero attached hydrogens (tertiary/aromatic N) is 1. The molecular formula is C16H15BrN2S. The molecule has 0 fully saturated rings. The average molecular weight is 347 g/mol. The first kappa shape index (κ1) is 13.6. The third-order valence-corrected chi connectivity index (χ3v) is 4.75. The highest BCUT2D eigenvalue weighted by atomic mass is 79.9. The molecule has 0 unspecified atom stereocenters. The second-order valence-corrected chi connectivity index (χ2v) is 6.87. The van der Waals surface area contributed by atoms with Crippen LogP contribution in [0.5, 0.6) is 0 Å². The normalized spacial score (nSPS) is 10.9. The summed E-state index contributed by atoms with van der Waals surface area (Å²) in [5, 5.41) is 4.63. The molecule has 3 aromatic rings. The molecule has 0 aliphatic heterocycles. The van der Waals surface area contributed by atoms with Gasteiger partial charge in [-0.25, -0.2) is 4.98 Å². The highest BCUT2D eigenvalue weighted by Crippen LogP contribution is 2.27. The van der Waals surface area contributed by atoms with Crippen LogP contribution in [0.3, 0.4) is 0 Å². The number of aryl methyl sites for hydroxylation is 2. The third-order valence-electron chi connectivity index (χ3n) is 3.25. The van der Waals surface area contributed by atoms with Crippen LogP contribution in [0.1, 0.15) is 16.1 Å². The lowest BCUT2D eigenvalue weighted by atomic mass is 10.1. The van der Waals surface area contributed by atoms with Crippen molar-refractivity contribution in [3.63, 3.8) is 0 Å². The van der Waals surface area contributed by atoms with Crippen LogP contribution >= 0.6 is 27.3 Å². The number of halogens is 1. The Labute approximate surface area is 131 Å². The van der Waals surface area contributed by atoms with Gasteiger partial charge < -0.3 is 5.32 Å². The molecule has 102 valence electrons. The minimum absolute atomic E-state index is 0.767. The zero-order valence-corrected chi connectivity index (χ0v) is 13.8. The van der Waals surface area contributed by atoms with E-state index in [4.69, 9.17) is 0 Å². The van der Waals surface area contributed by atoms with Crippen molar-refractivity contribution in [2.24, 2.45) is 0 Å². The summed E-state index contributed by atoms with van der Waals surface area (Å²) in [5.74, 6) is 0. The lowest BCUT2D eigenvalue weighted by Gasteiger charge is -2.12. The highest BCUT2D eigenvalue weighted by Gasteiger charge is 2.06. The molecule has 0 saturated carbocycles. The van der Waals surface area contributed by atoms with Gasteiger partial charge in [-0.15, -0.1) is 11.3 Å². The summed E-state index contributed by atoms with van der Waals surface area (Å²) >= 11 is 5.28. The summed E-state index contributed by atoms with van der Waals surface area (Å²) in [6, 6.07) is 12.5. The molecule has 0 spiro atoms. The van der Waals surface area contributed by atoms with E-state index < -0.39 is 0 Å². The van der Waals surface area contributed by atoms with Gasteiger partial charge in [0.05, 0.1) is 16.8 Å². The molecule has 0 bridgehead atoms. The van der Waals surface area contributed by atoms with Gasteiger partial charge in [-0.05, 0) is 49.2 Å². The fourth-order valence-corrected chi connectivity index (χ4v) is 3.94. The van der Waals surface area contributed by atoms with Crippen molar-refractivity contribution in [1.82, 2.24) is 4.98 Å².